The zero-order valence-electron chi connectivity index (χ0n) is 13.9. The molecule has 4 nitrogen and oxygen atoms in total. The van der Waals surface area contributed by atoms with Gasteiger partial charge in [-0.3, -0.25) is 4.79 Å². The zero-order valence-corrected chi connectivity index (χ0v) is 14.6. The maximum Gasteiger partial charge on any atom is 0.300 e. The Bertz CT molecular complexity index is 834. The van der Waals surface area contributed by atoms with Crippen molar-refractivity contribution in [2.24, 2.45) is 0 Å². The zero-order chi connectivity index (χ0) is 17.7. The van der Waals surface area contributed by atoms with Gasteiger partial charge in [0.05, 0.1) is 7.11 Å². The quantitative estimate of drug-likeness (QED) is 0.715. The standard InChI is InChI=1S/C17H16ClNO.C2H4O2/c1-11-15(9-12-3-5-13(18)6-4-12)16-10-14(20-2)7-8-17(16)19-11;1-2(3)4/h3-8,10,19H,9H2,1-2H3;1H3,(H,3,4). The van der Waals surface area contributed by atoms with Crippen molar-refractivity contribution in [3.05, 3.63) is 64.3 Å². The number of aromatic nitrogens is 1. The van der Waals surface area contributed by atoms with E-state index in [1.807, 2.05) is 18.2 Å². The van der Waals surface area contributed by atoms with Crippen LogP contribution in [-0.2, 0) is 11.2 Å². The van der Waals surface area contributed by atoms with E-state index in [9.17, 15) is 0 Å². The van der Waals surface area contributed by atoms with Crippen LogP contribution in [0.5, 0.6) is 5.75 Å². The van der Waals surface area contributed by atoms with Gasteiger partial charge in [-0.15, -0.1) is 0 Å². The summed E-state index contributed by atoms with van der Waals surface area (Å²) < 4.78 is 5.32. The normalized spacial score (nSPS) is 10.2. The summed E-state index contributed by atoms with van der Waals surface area (Å²) in [7, 11) is 1.69. The highest BCUT2D eigenvalue weighted by molar-refractivity contribution is 6.30. The predicted molar refractivity (Wildman–Crippen MR) is 97.2 cm³/mol. The van der Waals surface area contributed by atoms with E-state index in [4.69, 9.17) is 26.2 Å². The van der Waals surface area contributed by atoms with Gasteiger partial charge in [0.2, 0.25) is 0 Å². The number of ether oxygens (including phenoxy) is 1. The van der Waals surface area contributed by atoms with Crippen molar-refractivity contribution in [1.82, 2.24) is 4.98 Å². The fourth-order valence-corrected chi connectivity index (χ4v) is 2.65. The number of aromatic amines is 1. The molecule has 3 aromatic rings. The number of halogens is 1. The van der Waals surface area contributed by atoms with Crippen LogP contribution < -0.4 is 4.74 Å². The predicted octanol–water partition coefficient (Wildman–Crippen LogP) is 4.82. The third-order valence-corrected chi connectivity index (χ3v) is 3.87. The number of carbonyl (C=O) groups is 1. The molecule has 1 aromatic heterocycles. The number of rotatable bonds is 3. The first kappa shape index (κ1) is 17.9. The summed E-state index contributed by atoms with van der Waals surface area (Å²) in [6.07, 6.45) is 0.885. The Kier molecular flexibility index (Phi) is 5.88. The van der Waals surface area contributed by atoms with Crippen LogP contribution in [-0.4, -0.2) is 23.2 Å². The van der Waals surface area contributed by atoms with E-state index in [-0.39, 0.29) is 0 Å². The van der Waals surface area contributed by atoms with E-state index in [1.165, 1.54) is 22.2 Å². The first-order chi connectivity index (χ1) is 11.4. The van der Waals surface area contributed by atoms with Crippen LogP contribution in [0.15, 0.2) is 42.5 Å². The molecule has 0 saturated heterocycles. The number of benzene rings is 2. The molecule has 2 aromatic carbocycles. The molecule has 2 N–H and O–H groups in total. The smallest absolute Gasteiger partial charge is 0.300 e. The topological polar surface area (TPSA) is 62.3 Å². The molecule has 0 bridgehead atoms. The number of hydrogen-bond donors (Lipinski definition) is 2. The summed E-state index contributed by atoms with van der Waals surface area (Å²) in [5.74, 6) is 0.0499. The van der Waals surface area contributed by atoms with Gasteiger partial charge in [-0.1, -0.05) is 23.7 Å². The van der Waals surface area contributed by atoms with Crippen molar-refractivity contribution in [3.63, 3.8) is 0 Å². The molecule has 24 heavy (non-hydrogen) atoms. The summed E-state index contributed by atoms with van der Waals surface area (Å²) in [5, 5.41) is 9.41. The summed E-state index contributed by atoms with van der Waals surface area (Å²) in [4.78, 5) is 12.4. The molecule has 3 rings (SSSR count). The molecule has 1 heterocycles. The Morgan fingerprint density at radius 1 is 1.21 bits per heavy atom. The second kappa shape index (κ2) is 7.88. The first-order valence-electron chi connectivity index (χ1n) is 7.50. The lowest BCUT2D eigenvalue weighted by molar-refractivity contribution is -0.134. The monoisotopic (exact) mass is 345 g/mol. The van der Waals surface area contributed by atoms with Crippen molar-refractivity contribution in [1.29, 1.82) is 0 Å². The van der Waals surface area contributed by atoms with Crippen molar-refractivity contribution < 1.29 is 14.6 Å². The maximum absolute atomic E-state index is 9.00. The fraction of sp³-hybridized carbons (Fsp3) is 0.211. The second-order valence-electron chi connectivity index (χ2n) is 5.46. The highest BCUT2D eigenvalue weighted by Gasteiger charge is 2.10. The molecule has 0 aliphatic heterocycles. The Labute approximate surface area is 146 Å². The molecule has 0 fully saturated rings. The maximum atomic E-state index is 9.00. The Hall–Kier alpha value is -2.46. The van der Waals surface area contributed by atoms with Crippen LogP contribution >= 0.6 is 11.6 Å². The molecular formula is C19H20ClNO3. The number of carboxylic acids is 1. The highest BCUT2D eigenvalue weighted by Crippen LogP contribution is 2.28. The molecule has 126 valence electrons. The molecule has 5 heteroatoms. The van der Waals surface area contributed by atoms with Gasteiger partial charge in [0.1, 0.15) is 5.75 Å². The van der Waals surface area contributed by atoms with E-state index in [2.05, 4.69) is 36.2 Å². The number of aryl methyl sites for hydroxylation is 1. The molecule has 0 saturated carbocycles. The van der Waals surface area contributed by atoms with Gasteiger partial charge >= 0.3 is 0 Å². The van der Waals surface area contributed by atoms with E-state index in [1.54, 1.807) is 7.11 Å². The highest BCUT2D eigenvalue weighted by atomic mass is 35.5. The molecule has 0 unspecified atom stereocenters. The molecule has 0 aliphatic carbocycles. The number of nitrogens with one attached hydrogen (secondary N) is 1. The van der Waals surface area contributed by atoms with Gasteiger partial charge in [0, 0.05) is 28.5 Å². The van der Waals surface area contributed by atoms with E-state index in [0.717, 1.165) is 29.6 Å². The third kappa shape index (κ3) is 4.52. The Morgan fingerprint density at radius 3 is 2.42 bits per heavy atom. The van der Waals surface area contributed by atoms with Crippen molar-refractivity contribution >= 4 is 28.5 Å². The lowest BCUT2D eigenvalue weighted by Gasteiger charge is -2.04. The van der Waals surface area contributed by atoms with Gasteiger partial charge in [-0.05, 0) is 54.8 Å². The van der Waals surface area contributed by atoms with Gasteiger partial charge in [0.15, 0.2) is 0 Å². The minimum absolute atomic E-state index is 0.770. The lowest BCUT2D eigenvalue weighted by atomic mass is 10.0. The first-order valence-corrected chi connectivity index (χ1v) is 7.87. The van der Waals surface area contributed by atoms with Gasteiger partial charge in [-0.2, -0.15) is 0 Å². The second-order valence-corrected chi connectivity index (χ2v) is 5.90. The van der Waals surface area contributed by atoms with Crippen LogP contribution in [0.25, 0.3) is 10.9 Å². The number of H-pyrrole nitrogens is 1. The van der Waals surface area contributed by atoms with E-state index in [0.29, 0.717) is 0 Å². The molecule has 0 amide bonds. The third-order valence-electron chi connectivity index (χ3n) is 3.62. The molecular weight excluding hydrogens is 326 g/mol. The van der Waals surface area contributed by atoms with Crippen LogP contribution in [0.4, 0.5) is 0 Å². The summed E-state index contributed by atoms with van der Waals surface area (Å²) >= 11 is 5.94. The number of methoxy groups -OCH3 is 1. The van der Waals surface area contributed by atoms with Crippen molar-refractivity contribution in [2.75, 3.05) is 7.11 Å². The minimum Gasteiger partial charge on any atom is -0.497 e. The van der Waals surface area contributed by atoms with Crippen molar-refractivity contribution in [2.45, 2.75) is 20.3 Å². The fourth-order valence-electron chi connectivity index (χ4n) is 2.52. The van der Waals surface area contributed by atoms with E-state index < -0.39 is 5.97 Å². The summed E-state index contributed by atoms with van der Waals surface area (Å²) in [6, 6.07) is 14.1. The molecule has 0 spiro atoms. The molecule has 0 atom stereocenters. The van der Waals surface area contributed by atoms with Crippen LogP contribution in [0.3, 0.4) is 0 Å². The van der Waals surface area contributed by atoms with Gasteiger partial charge in [0.25, 0.3) is 5.97 Å². The number of fused-ring (bicyclic) bond motifs is 1. The van der Waals surface area contributed by atoms with E-state index >= 15 is 0 Å². The lowest BCUT2D eigenvalue weighted by Crippen LogP contribution is -1.89. The van der Waals surface area contributed by atoms with Crippen LogP contribution in [0, 0.1) is 6.92 Å². The number of hydrogen-bond acceptors (Lipinski definition) is 2. The average molecular weight is 346 g/mol. The number of carboxylic acid groups (broad SMARTS) is 1. The van der Waals surface area contributed by atoms with Crippen LogP contribution in [0.2, 0.25) is 5.02 Å². The average Bonchev–Trinajstić information content (AvgIpc) is 2.84. The summed E-state index contributed by atoms with van der Waals surface area (Å²) in [5.41, 5.74) is 4.90. The minimum atomic E-state index is -0.833. The van der Waals surface area contributed by atoms with Crippen LogP contribution in [0.1, 0.15) is 23.7 Å². The Morgan fingerprint density at radius 2 is 1.83 bits per heavy atom. The summed E-state index contributed by atoms with van der Waals surface area (Å²) in [6.45, 7) is 3.19. The van der Waals surface area contributed by atoms with Crippen molar-refractivity contribution in [3.8, 4) is 5.75 Å². The number of aliphatic carboxylic acids is 1. The van der Waals surface area contributed by atoms with Gasteiger partial charge < -0.3 is 14.8 Å². The molecule has 0 aliphatic rings. The largest absolute Gasteiger partial charge is 0.497 e. The van der Waals surface area contributed by atoms with Gasteiger partial charge in [-0.25, -0.2) is 0 Å². The Balaban J connectivity index is 0.000000471. The SMILES string of the molecule is CC(=O)O.COc1ccc2[nH]c(C)c(Cc3ccc(Cl)cc3)c2c1. The molecule has 0 radical (unpaired) electrons.